The summed E-state index contributed by atoms with van der Waals surface area (Å²) >= 11 is 0. The Morgan fingerprint density at radius 3 is 2.36 bits per heavy atom. The van der Waals surface area contributed by atoms with Crippen molar-refractivity contribution >= 4 is 0 Å². The molecule has 0 atom stereocenters. The van der Waals surface area contributed by atoms with E-state index < -0.39 is 11.6 Å². The van der Waals surface area contributed by atoms with Crippen LogP contribution < -0.4 is 10.5 Å². The molecule has 0 heterocycles. The van der Waals surface area contributed by atoms with Crippen molar-refractivity contribution in [2.45, 2.75) is 0 Å². The molecule has 74 valence electrons. The quantitative estimate of drug-likeness (QED) is 0.688. The van der Waals surface area contributed by atoms with E-state index >= 15 is 0 Å². The van der Waals surface area contributed by atoms with E-state index in [1.807, 2.05) is 0 Å². The van der Waals surface area contributed by atoms with Crippen LogP contribution in [-0.2, 0) is 0 Å². The van der Waals surface area contributed by atoms with Crippen molar-refractivity contribution in [1.82, 2.24) is 0 Å². The first-order chi connectivity index (χ1) is 6.69. The minimum absolute atomic E-state index is 0.0604. The van der Waals surface area contributed by atoms with Gasteiger partial charge in [0.2, 0.25) is 0 Å². The molecule has 0 amide bonds. The van der Waals surface area contributed by atoms with E-state index in [1.54, 1.807) is 0 Å². The van der Waals surface area contributed by atoms with Crippen molar-refractivity contribution in [1.29, 1.82) is 0 Å². The normalized spacial score (nSPS) is 9.14. The minimum atomic E-state index is -0.747. The summed E-state index contributed by atoms with van der Waals surface area (Å²) in [5.41, 5.74) is 4.81. The molecule has 0 spiro atoms. The van der Waals surface area contributed by atoms with Crippen LogP contribution in [0.25, 0.3) is 0 Å². The van der Waals surface area contributed by atoms with Gasteiger partial charge >= 0.3 is 0 Å². The third-order valence-corrected chi connectivity index (χ3v) is 1.57. The van der Waals surface area contributed by atoms with Gasteiger partial charge in [-0.1, -0.05) is 11.8 Å². The fraction of sp³-hybridized carbons (Fsp3) is 0.200. The molecule has 4 heteroatoms. The van der Waals surface area contributed by atoms with Crippen LogP contribution in [0, 0.1) is 23.5 Å². The molecule has 0 fully saturated rings. The molecular weight excluding hydrogens is 188 g/mol. The highest BCUT2D eigenvalue weighted by molar-refractivity contribution is 5.41. The number of hydrogen-bond donors (Lipinski definition) is 1. The van der Waals surface area contributed by atoms with Crippen molar-refractivity contribution in [2.75, 3.05) is 13.7 Å². The van der Waals surface area contributed by atoms with Gasteiger partial charge in [0.1, 0.15) is 17.4 Å². The fourth-order valence-electron chi connectivity index (χ4n) is 0.927. The van der Waals surface area contributed by atoms with Crippen molar-refractivity contribution < 1.29 is 13.5 Å². The van der Waals surface area contributed by atoms with Gasteiger partial charge in [0.05, 0.1) is 19.2 Å². The highest BCUT2D eigenvalue weighted by Gasteiger charge is 2.08. The number of ether oxygens (including phenoxy) is 1. The summed E-state index contributed by atoms with van der Waals surface area (Å²) in [7, 11) is 1.33. The molecule has 0 aliphatic heterocycles. The van der Waals surface area contributed by atoms with Crippen LogP contribution in [0.2, 0.25) is 0 Å². The average Bonchev–Trinajstić information content (AvgIpc) is 2.16. The van der Waals surface area contributed by atoms with Crippen molar-refractivity contribution in [3.8, 4) is 17.6 Å². The molecule has 2 nitrogen and oxygen atoms in total. The predicted molar refractivity (Wildman–Crippen MR) is 48.8 cm³/mol. The zero-order chi connectivity index (χ0) is 10.6. The Hall–Kier alpha value is -1.60. The topological polar surface area (TPSA) is 35.2 Å². The Labute approximate surface area is 80.7 Å². The lowest BCUT2D eigenvalue weighted by Crippen LogP contribution is -1.96. The summed E-state index contributed by atoms with van der Waals surface area (Å²) in [6.45, 7) is 0.0604. The summed E-state index contributed by atoms with van der Waals surface area (Å²) in [5, 5.41) is 0. The summed E-state index contributed by atoms with van der Waals surface area (Å²) in [6.07, 6.45) is 0. The zero-order valence-electron chi connectivity index (χ0n) is 7.60. The number of benzene rings is 1. The Morgan fingerprint density at radius 2 is 1.93 bits per heavy atom. The highest BCUT2D eigenvalue weighted by Crippen LogP contribution is 2.19. The number of rotatable bonds is 1. The lowest BCUT2D eigenvalue weighted by atomic mass is 10.2. The van der Waals surface area contributed by atoms with Gasteiger partial charge in [0.15, 0.2) is 0 Å². The van der Waals surface area contributed by atoms with Gasteiger partial charge in [-0.2, -0.15) is 0 Å². The van der Waals surface area contributed by atoms with Gasteiger partial charge in [-0.15, -0.1) is 0 Å². The van der Waals surface area contributed by atoms with Crippen LogP contribution in [0.15, 0.2) is 12.1 Å². The molecule has 2 N–H and O–H groups in total. The van der Waals surface area contributed by atoms with Gasteiger partial charge in [0, 0.05) is 12.1 Å². The zero-order valence-corrected chi connectivity index (χ0v) is 7.60. The number of nitrogens with two attached hydrogens (primary N) is 1. The van der Waals surface area contributed by atoms with Crippen molar-refractivity contribution in [2.24, 2.45) is 5.73 Å². The molecule has 0 saturated carbocycles. The summed E-state index contributed by atoms with van der Waals surface area (Å²) in [4.78, 5) is 0. The predicted octanol–water partition coefficient (Wildman–Crippen LogP) is 1.28. The second kappa shape index (κ2) is 4.58. The third-order valence-electron chi connectivity index (χ3n) is 1.57. The van der Waals surface area contributed by atoms with Gasteiger partial charge in [0.25, 0.3) is 0 Å². The van der Waals surface area contributed by atoms with Gasteiger partial charge in [-0.05, 0) is 0 Å². The summed E-state index contributed by atoms with van der Waals surface area (Å²) in [5.74, 6) is 3.32. The SMILES string of the molecule is COc1cc(F)c(C#CCN)c(F)c1. The maximum absolute atomic E-state index is 13.2. The number of halogens is 2. The monoisotopic (exact) mass is 197 g/mol. The van der Waals surface area contributed by atoms with Crippen LogP contribution in [-0.4, -0.2) is 13.7 Å². The Balaban J connectivity index is 3.18. The largest absolute Gasteiger partial charge is 0.497 e. The highest BCUT2D eigenvalue weighted by atomic mass is 19.1. The van der Waals surface area contributed by atoms with Gasteiger partial charge < -0.3 is 10.5 Å². The molecule has 14 heavy (non-hydrogen) atoms. The van der Waals surface area contributed by atoms with Crippen LogP contribution in [0.1, 0.15) is 5.56 Å². The third kappa shape index (κ3) is 2.21. The van der Waals surface area contributed by atoms with E-state index in [0.29, 0.717) is 0 Å². The summed E-state index contributed by atoms with van der Waals surface area (Å²) in [6, 6.07) is 2.15. The molecular formula is C10H9F2NO. The van der Waals surface area contributed by atoms with E-state index in [4.69, 9.17) is 5.73 Å². The Kier molecular flexibility index (Phi) is 3.43. The maximum atomic E-state index is 13.2. The van der Waals surface area contributed by atoms with Crippen LogP contribution in [0.4, 0.5) is 8.78 Å². The standard InChI is InChI=1S/C10H9F2NO/c1-14-7-5-9(11)8(3-2-4-13)10(12)6-7/h5-6H,4,13H2,1H3. The smallest absolute Gasteiger partial charge is 0.145 e. The lowest BCUT2D eigenvalue weighted by molar-refractivity contribution is 0.406. The molecule has 0 unspecified atom stereocenters. The van der Waals surface area contributed by atoms with E-state index in [2.05, 4.69) is 16.6 Å². The average molecular weight is 197 g/mol. The van der Waals surface area contributed by atoms with Crippen molar-refractivity contribution in [3.63, 3.8) is 0 Å². The molecule has 0 aromatic heterocycles. The van der Waals surface area contributed by atoms with Crippen LogP contribution >= 0.6 is 0 Å². The van der Waals surface area contributed by atoms with E-state index in [-0.39, 0.29) is 17.9 Å². The van der Waals surface area contributed by atoms with Gasteiger partial charge in [-0.25, -0.2) is 8.78 Å². The second-order valence-electron chi connectivity index (χ2n) is 2.47. The molecule has 0 bridgehead atoms. The second-order valence-corrected chi connectivity index (χ2v) is 2.47. The number of hydrogen-bond acceptors (Lipinski definition) is 2. The molecule has 1 aromatic carbocycles. The van der Waals surface area contributed by atoms with E-state index in [1.165, 1.54) is 7.11 Å². The first-order valence-electron chi connectivity index (χ1n) is 3.91. The van der Waals surface area contributed by atoms with Gasteiger partial charge in [-0.3, -0.25) is 0 Å². The summed E-state index contributed by atoms with van der Waals surface area (Å²) < 4.78 is 31.0. The number of methoxy groups -OCH3 is 1. The van der Waals surface area contributed by atoms with E-state index in [9.17, 15) is 8.78 Å². The van der Waals surface area contributed by atoms with Crippen LogP contribution in [0.5, 0.6) is 5.75 Å². The Morgan fingerprint density at radius 1 is 1.36 bits per heavy atom. The van der Waals surface area contributed by atoms with E-state index in [0.717, 1.165) is 12.1 Å². The molecule has 0 radical (unpaired) electrons. The fourth-order valence-corrected chi connectivity index (χ4v) is 0.927. The molecule has 1 rings (SSSR count). The molecule has 0 aliphatic rings. The van der Waals surface area contributed by atoms with Crippen LogP contribution in [0.3, 0.4) is 0 Å². The van der Waals surface area contributed by atoms with Crippen molar-refractivity contribution in [3.05, 3.63) is 29.3 Å². The minimum Gasteiger partial charge on any atom is -0.497 e. The molecule has 0 aliphatic carbocycles. The maximum Gasteiger partial charge on any atom is 0.145 e. The Bertz CT molecular complexity index is 370. The first-order valence-corrected chi connectivity index (χ1v) is 3.91. The first kappa shape index (κ1) is 10.5. The lowest BCUT2D eigenvalue weighted by Gasteiger charge is -2.02. The molecule has 0 saturated heterocycles. The molecule has 1 aromatic rings.